The topological polar surface area (TPSA) is 55.2 Å². The summed E-state index contributed by atoms with van der Waals surface area (Å²) in [6.07, 6.45) is 4.28. The molecule has 0 amide bonds. The van der Waals surface area contributed by atoms with Crippen LogP contribution in [-0.2, 0) is 6.42 Å². The highest BCUT2D eigenvalue weighted by atomic mass is 16.6. The van der Waals surface area contributed by atoms with E-state index in [1.807, 2.05) is 6.92 Å². The molecule has 0 atom stereocenters. The molecule has 1 aliphatic carbocycles. The second-order valence-corrected chi connectivity index (χ2v) is 5.97. The number of hydrogen-bond donors (Lipinski definition) is 1. The highest BCUT2D eigenvalue weighted by molar-refractivity contribution is 5.74. The predicted molar refractivity (Wildman–Crippen MR) is 93.8 cm³/mol. The molecular weight excluding hydrogens is 288 g/mol. The fourth-order valence-electron chi connectivity index (χ4n) is 3.14. The molecule has 3 rings (SSSR count). The Kier molecular flexibility index (Phi) is 4.15. The van der Waals surface area contributed by atoms with Crippen molar-refractivity contribution in [3.05, 3.63) is 74.8 Å². The van der Waals surface area contributed by atoms with Crippen LogP contribution in [0.3, 0.4) is 0 Å². The second kappa shape index (κ2) is 6.24. The van der Waals surface area contributed by atoms with Crippen molar-refractivity contribution in [2.24, 2.45) is 0 Å². The minimum atomic E-state index is -0.362. The molecule has 2 aromatic carbocycles. The summed E-state index contributed by atoms with van der Waals surface area (Å²) in [5.41, 5.74) is 7.54. The number of nitro benzene ring substituents is 1. The van der Waals surface area contributed by atoms with E-state index in [2.05, 4.69) is 36.5 Å². The van der Waals surface area contributed by atoms with Crippen LogP contribution >= 0.6 is 0 Å². The summed E-state index contributed by atoms with van der Waals surface area (Å²) < 4.78 is 0. The van der Waals surface area contributed by atoms with Crippen LogP contribution < -0.4 is 5.32 Å². The van der Waals surface area contributed by atoms with Crippen LogP contribution in [0.25, 0.3) is 5.57 Å². The standard InChI is InChI=1S/C19H20N2O2/c1-13-4-3-5-18-15(6-8-17(13)18)10-11-20-19-9-7-16(21(22)23)12-14(19)2/h3-7,9,12,20H,8,10-11H2,1-2H3. The van der Waals surface area contributed by atoms with Gasteiger partial charge in [-0.1, -0.05) is 24.3 Å². The summed E-state index contributed by atoms with van der Waals surface area (Å²) in [7, 11) is 0. The zero-order valence-electron chi connectivity index (χ0n) is 13.4. The molecule has 0 saturated carbocycles. The lowest BCUT2D eigenvalue weighted by Gasteiger charge is -2.11. The van der Waals surface area contributed by atoms with E-state index in [9.17, 15) is 10.1 Å². The normalized spacial score (nSPS) is 12.7. The van der Waals surface area contributed by atoms with E-state index in [0.717, 1.165) is 30.6 Å². The lowest BCUT2D eigenvalue weighted by atomic mass is 10.00. The summed E-state index contributed by atoms with van der Waals surface area (Å²) in [5, 5.41) is 14.2. The van der Waals surface area contributed by atoms with E-state index < -0.39 is 0 Å². The number of anilines is 1. The van der Waals surface area contributed by atoms with Crippen LogP contribution in [0.1, 0.15) is 28.7 Å². The van der Waals surface area contributed by atoms with E-state index in [1.165, 1.54) is 22.3 Å². The number of fused-ring (bicyclic) bond motifs is 1. The second-order valence-electron chi connectivity index (χ2n) is 5.97. The molecule has 118 valence electrons. The Balaban J connectivity index is 1.63. The van der Waals surface area contributed by atoms with Gasteiger partial charge in [0, 0.05) is 24.4 Å². The lowest BCUT2D eigenvalue weighted by molar-refractivity contribution is -0.384. The molecule has 4 heteroatoms. The van der Waals surface area contributed by atoms with Gasteiger partial charge in [-0.05, 0) is 60.6 Å². The van der Waals surface area contributed by atoms with E-state index in [4.69, 9.17) is 0 Å². The van der Waals surface area contributed by atoms with Gasteiger partial charge in [0.15, 0.2) is 0 Å². The zero-order valence-corrected chi connectivity index (χ0v) is 13.4. The molecule has 0 spiro atoms. The SMILES string of the molecule is Cc1cc([N+](=O)[O-])ccc1NCCC1=CCc2c(C)cccc21. The quantitative estimate of drug-likeness (QED) is 0.646. The molecule has 1 aliphatic rings. The smallest absolute Gasteiger partial charge is 0.269 e. The fourth-order valence-corrected chi connectivity index (χ4v) is 3.14. The van der Waals surface area contributed by atoms with Crippen molar-refractivity contribution < 1.29 is 4.92 Å². The van der Waals surface area contributed by atoms with Crippen LogP contribution in [0.5, 0.6) is 0 Å². The molecule has 0 aromatic heterocycles. The first-order valence-electron chi connectivity index (χ1n) is 7.83. The third-order valence-corrected chi connectivity index (χ3v) is 4.44. The fraction of sp³-hybridized carbons (Fsp3) is 0.263. The maximum Gasteiger partial charge on any atom is 0.269 e. The van der Waals surface area contributed by atoms with Crippen molar-refractivity contribution >= 4 is 16.9 Å². The third-order valence-electron chi connectivity index (χ3n) is 4.44. The summed E-state index contributed by atoms with van der Waals surface area (Å²) >= 11 is 0. The molecule has 0 radical (unpaired) electrons. The van der Waals surface area contributed by atoms with Gasteiger partial charge in [-0.15, -0.1) is 0 Å². The number of hydrogen-bond acceptors (Lipinski definition) is 3. The van der Waals surface area contributed by atoms with E-state index in [1.54, 1.807) is 18.2 Å². The Labute approximate surface area is 136 Å². The highest BCUT2D eigenvalue weighted by Crippen LogP contribution is 2.31. The molecule has 0 aliphatic heterocycles. The van der Waals surface area contributed by atoms with Crippen molar-refractivity contribution in [1.29, 1.82) is 0 Å². The van der Waals surface area contributed by atoms with Gasteiger partial charge in [0.05, 0.1) is 4.92 Å². The molecular formula is C19H20N2O2. The van der Waals surface area contributed by atoms with Crippen molar-refractivity contribution in [2.45, 2.75) is 26.7 Å². The first kappa shape index (κ1) is 15.3. The number of nitrogens with one attached hydrogen (secondary N) is 1. The van der Waals surface area contributed by atoms with Gasteiger partial charge >= 0.3 is 0 Å². The molecule has 0 saturated heterocycles. The first-order valence-corrected chi connectivity index (χ1v) is 7.83. The molecule has 2 aromatic rings. The Morgan fingerprint density at radius 2 is 2.00 bits per heavy atom. The number of aryl methyl sites for hydroxylation is 2. The van der Waals surface area contributed by atoms with Gasteiger partial charge in [-0.25, -0.2) is 0 Å². The van der Waals surface area contributed by atoms with Crippen molar-refractivity contribution in [3.63, 3.8) is 0 Å². The molecule has 0 fully saturated rings. The lowest BCUT2D eigenvalue weighted by Crippen LogP contribution is -2.04. The molecule has 0 heterocycles. The Morgan fingerprint density at radius 1 is 1.17 bits per heavy atom. The Morgan fingerprint density at radius 3 is 2.74 bits per heavy atom. The van der Waals surface area contributed by atoms with Crippen LogP contribution in [0.2, 0.25) is 0 Å². The van der Waals surface area contributed by atoms with Crippen molar-refractivity contribution in [3.8, 4) is 0 Å². The first-order chi connectivity index (χ1) is 11.1. The van der Waals surface area contributed by atoms with Gasteiger partial charge in [-0.2, -0.15) is 0 Å². The van der Waals surface area contributed by atoms with E-state index in [-0.39, 0.29) is 10.6 Å². The Bertz CT molecular complexity index is 794. The zero-order chi connectivity index (χ0) is 16.4. The van der Waals surface area contributed by atoms with Crippen LogP contribution in [0.15, 0.2) is 42.5 Å². The van der Waals surface area contributed by atoms with E-state index >= 15 is 0 Å². The molecule has 0 unspecified atom stereocenters. The average molecular weight is 308 g/mol. The monoisotopic (exact) mass is 308 g/mol. The van der Waals surface area contributed by atoms with Gasteiger partial charge in [0.2, 0.25) is 0 Å². The van der Waals surface area contributed by atoms with E-state index in [0.29, 0.717) is 0 Å². The molecule has 0 bridgehead atoms. The Hall–Kier alpha value is -2.62. The van der Waals surface area contributed by atoms with Crippen molar-refractivity contribution in [2.75, 3.05) is 11.9 Å². The number of non-ortho nitro benzene ring substituents is 1. The minimum Gasteiger partial charge on any atom is -0.384 e. The van der Waals surface area contributed by atoms with Crippen molar-refractivity contribution in [1.82, 2.24) is 0 Å². The third kappa shape index (κ3) is 3.11. The summed E-state index contributed by atoms with van der Waals surface area (Å²) in [5.74, 6) is 0. The molecule has 4 nitrogen and oxygen atoms in total. The average Bonchev–Trinajstić information content (AvgIpc) is 2.93. The van der Waals surface area contributed by atoms with Crippen LogP contribution in [-0.4, -0.2) is 11.5 Å². The van der Waals surface area contributed by atoms with Crippen LogP contribution in [0.4, 0.5) is 11.4 Å². The van der Waals surface area contributed by atoms with Gasteiger partial charge < -0.3 is 5.32 Å². The van der Waals surface area contributed by atoms with Gasteiger partial charge in [-0.3, -0.25) is 10.1 Å². The van der Waals surface area contributed by atoms with Gasteiger partial charge in [0.25, 0.3) is 5.69 Å². The highest BCUT2D eigenvalue weighted by Gasteiger charge is 2.15. The summed E-state index contributed by atoms with van der Waals surface area (Å²) in [6, 6.07) is 11.4. The number of nitrogens with zero attached hydrogens (tertiary/aromatic N) is 1. The summed E-state index contributed by atoms with van der Waals surface area (Å²) in [6.45, 7) is 4.87. The largest absolute Gasteiger partial charge is 0.384 e. The molecule has 23 heavy (non-hydrogen) atoms. The van der Waals surface area contributed by atoms with Gasteiger partial charge in [0.1, 0.15) is 0 Å². The number of allylic oxidation sites excluding steroid dienone is 1. The molecule has 1 N–H and O–H groups in total. The number of rotatable bonds is 5. The number of nitro groups is 1. The van der Waals surface area contributed by atoms with Crippen LogP contribution in [0, 0.1) is 24.0 Å². The maximum atomic E-state index is 10.8. The maximum absolute atomic E-state index is 10.8. The predicted octanol–water partition coefficient (Wildman–Crippen LogP) is 4.65. The summed E-state index contributed by atoms with van der Waals surface area (Å²) in [4.78, 5) is 10.4. The minimum absolute atomic E-state index is 0.135. The number of benzene rings is 2.